The Balaban J connectivity index is 2.41. The van der Waals surface area contributed by atoms with Crippen molar-refractivity contribution in [2.75, 3.05) is 25.2 Å². The molecule has 1 unspecified atom stereocenters. The van der Waals surface area contributed by atoms with E-state index < -0.39 is 17.6 Å². The molecule has 116 valence electrons. The van der Waals surface area contributed by atoms with Gasteiger partial charge in [-0.3, -0.25) is 0 Å². The molecule has 21 heavy (non-hydrogen) atoms. The second-order valence-electron chi connectivity index (χ2n) is 4.84. The highest BCUT2D eigenvalue weighted by molar-refractivity contribution is 5.99. The first-order valence-corrected chi connectivity index (χ1v) is 6.34. The number of amidine groups is 1. The lowest BCUT2D eigenvalue weighted by Gasteiger charge is -2.26. The van der Waals surface area contributed by atoms with Crippen LogP contribution in [0, 0.1) is 0 Å². The summed E-state index contributed by atoms with van der Waals surface area (Å²) >= 11 is 0. The Morgan fingerprint density at radius 1 is 1.48 bits per heavy atom. The molecule has 1 aliphatic heterocycles. The van der Waals surface area contributed by atoms with Crippen LogP contribution in [0.15, 0.2) is 23.4 Å². The topological polar surface area (TPSA) is 71.1 Å². The van der Waals surface area contributed by atoms with Crippen LogP contribution in [0.2, 0.25) is 0 Å². The molecule has 1 atom stereocenters. The fraction of sp³-hybridized carbons (Fsp3) is 0.462. The van der Waals surface area contributed by atoms with Gasteiger partial charge in [0.05, 0.1) is 18.2 Å². The van der Waals surface area contributed by atoms with Crippen LogP contribution in [0.3, 0.4) is 0 Å². The second kappa shape index (κ2) is 5.80. The number of likely N-dealkylation sites (N-methyl/N-ethyl adjacent to an activating group) is 1. The Kier molecular flexibility index (Phi) is 4.26. The van der Waals surface area contributed by atoms with Gasteiger partial charge in [0, 0.05) is 24.9 Å². The standard InChI is InChI=1S/C13H16F3N3O2/c1-19(9-4-5-21-7-9)8-2-3-11(13(14,15)16)10(6-8)12(17)18-20/h2-3,6,9,20H,4-5,7H2,1H3,(H2,17,18). The molecule has 1 aromatic carbocycles. The first-order chi connectivity index (χ1) is 9.84. The van der Waals surface area contributed by atoms with E-state index in [1.54, 1.807) is 7.05 Å². The number of hydrogen-bond donors (Lipinski definition) is 2. The molecule has 0 amide bonds. The third-order valence-electron chi connectivity index (χ3n) is 3.55. The van der Waals surface area contributed by atoms with Gasteiger partial charge in [-0.05, 0) is 24.6 Å². The van der Waals surface area contributed by atoms with E-state index in [1.165, 1.54) is 12.1 Å². The zero-order valence-corrected chi connectivity index (χ0v) is 11.4. The minimum absolute atomic E-state index is 0.0990. The number of oxime groups is 1. The van der Waals surface area contributed by atoms with Crippen molar-refractivity contribution in [2.45, 2.75) is 18.6 Å². The summed E-state index contributed by atoms with van der Waals surface area (Å²) in [6, 6.07) is 3.68. The molecule has 1 fully saturated rings. The molecule has 5 nitrogen and oxygen atoms in total. The van der Waals surface area contributed by atoms with Gasteiger partial charge >= 0.3 is 6.18 Å². The van der Waals surface area contributed by atoms with Crippen LogP contribution in [-0.2, 0) is 10.9 Å². The number of ether oxygens (including phenoxy) is 1. The number of benzene rings is 1. The van der Waals surface area contributed by atoms with Gasteiger partial charge in [-0.2, -0.15) is 13.2 Å². The molecule has 2 rings (SSSR count). The molecule has 0 bridgehead atoms. The first-order valence-electron chi connectivity index (χ1n) is 6.34. The lowest BCUT2D eigenvalue weighted by molar-refractivity contribution is -0.137. The van der Waals surface area contributed by atoms with E-state index in [-0.39, 0.29) is 11.6 Å². The first kappa shape index (κ1) is 15.4. The highest BCUT2D eigenvalue weighted by atomic mass is 19.4. The number of halogens is 3. The Bertz CT molecular complexity index is 540. The van der Waals surface area contributed by atoms with Crippen molar-refractivity contribution in [3.05, 3.63) is 29.3 Å². The summed E-state index contributed by atoms with van der Waals surface area (Å²) in [5.74, 6) is -0.569. The van der Waals surface area contributed by atoms with Gasteiger partial charge in [0.1, 0.15) is 0 Å². The number of alkyl halides is 3. The molecule has 0 saturated carbocycles. The predicted octanol–water partition coefficient (Wildman–Crippen LogP) is 2.03. The van der Waals surface area contributed by atoms with Gasteiger partial charge in [0.2, 0.25) is 0 Å². The fourth-order valence-corrected chi connectivity index (χ4v) is 2.30. The van der Waals surface area contributed by atoms with Crippen LogP contribution < -0.4 is 10.6 Å². The molecule has 8 heteroatoms. The zero-order chi connectivity index (χ0) is 15.6. The van der Waals surface area contributed by atoms with Crippen molar-refractivity contribution >= 4 is 11.5 Å². The van der Waals surface area contributed by atoms with Crippen molar-refractivity contribution in [1.29, 1.82) is 0 Å². The van der Waals surface area contributed by atoms with Crippen LogP contribution in [-0.4, -0.2) is 37.3 Å². The average molecular weight is 303 g/mol. The maximum absolute atomic E-state index is 13.0. The van der Waals surface area contributed by atoms with E-state index >= 15 is 0 Å². The summed E-state index contributed by atoms with van der Waals surface area (Å²) in [6.07, 6.45) is -3.77. The Labute approximate surface area is 119 Å². The van der Waals surface area contributed by atoms with Crippen LogP contribution in [0.25, 0.3) is 0 Å². The molecule has 0 aromatic heterocycles. The zero-order valence-electron chi connectivity index (χ0n) is 11.4. The Morgan fingerprint density at radius 2 is 2.19 bits per heavy atom. The minimum atomic E-state index is -4.57. The van der Waals surface area contributed by atoms with Crippen molar-refractivity contribution in [3.8, 4) is 0 Å². The molecule has 1 aliphatic rings. The number of nitrogens with zero attached hydrogens (tertiary/aromatic N) is 2. The Morgan fingerprint density at radius 3 is 2.71 bits per heavy atom. The van der Waals surface area contributed by atoms with Gasteiger partial charge in [-0.1, -0.05) is 5.16 Å². The maximum Gasteiger partial charge on any atom is 0.417 e. The summed E-state index contributed by atoms with van der Waals surface area (Å²) < 4.78 is 44.1. The number of rotatable bonds is 3. The minimum Gasteiger partial charge on any atom is -0.409 e. The second-order valence-corrected chi connectivity index (χ2v) is 4.84. The normalized spacial score (nSPS) is 19.8. The predicted molar refractivity (Wildman–Crippen MR) is 71.6 cm³/mol. The summed E-state index contributed by atoms with van der Waals surface area (Å²) in [6.45, 7) is 1.15. The largest absolute Gasteiger partial charge is 0.417 e. The van der Waals surface area contributed by atoms with Crippen molar-refractivity contribution in [2.24, 2.45) is 10.9 Å². The third-order valence-corrected chi connectivity index (χ3v) is 3.55. The molecular formula is C13H16F3N3O2. The fourth-order valence-electron chi connectivity index (χ4n) is 2.30. The molecule has 1 heterocycles. The molecule has 0 aliphatic carbocycles. The summed E-state index contributed by atoms with van der Waals surface area (Å²) in [4.78, 5) is 1.83. The Hall–Kier alpha value is -1.96. The van der Waals surface area contributed by atoms with Crippen molar-refractivity contribution in [3.63, 3.8) is 0 Å². The van der Waals surface area contributed by atoms with Gasteiger partial charge < -0.3 is 20.6 Å². The smallest absolute Gasteiger partial charge is 0.409 e. The highest BCUT2D eigenvalue weighted by Crippen LogP contribution is 2.34. The summed E-state index contributed by atoms with van der Waals surface area (Å²) in [5, 5.41) is 11.4. The lowest BCUT2D eigenvalue weighted by Crippen LogP contribution is -2.32. The average Bonchev–Trinajstić information content (AvgIpc) is 2.98. The van der Waals surface area contributed by atoms with Crippen LogP contribution >= 0.6 is 0 Å². The van der Waals surface area contributed by atoms with E-state index in [0.717, 1.165) is 12.5 Å². The molecule has 1 aromatic rings. The maximum atomic E-state index is 13.0. The van der Waals surface area contributed by atoms with Gasteiger partial charge in [0.25, 0.3) is 0 Å². The van der Waals surface area contributed by atoms with E-state index in [1.807, 2.05) is 4.90 Å². The van der Waals surface area contributed by atoms with Crippen LogP contribution in [0.1, 0.15) is 17.5 Å². The van der Waals surface area contributed by atoms with E-state index in [0.29, 0.717) is 18.9 Å². The molecule has 1 saturated heterocycles. The number of nitrogens with two attached hydrogens (primary N) is 1. The number of hydrogen-bond acceptors (Lipinski definition) is 4. The van der Waals surface area contributed by atoms with E-state index in [9.17, 15) is 13.2 Å². The van der Waals surface area contributed by atoms with Crippen molar-refractivity contribution < 1.29 is 23.1 Å². The molecule has 0 radical (unpaired) electrons. The molecule has 3 N–H and O–H groups in total. The van der Waals surface area contributed by atoms with Crippen LogP contribution in [0.5, 0.6) is 0 Å². The quantitative estimate of drug-likeness (QED) is 0.388. The van der Waals surface area contributed by atoms with E-state index in [4.69, 9.17) is 15.7 Å². The monoisotopic (exact) mass is 303 g/mol. The van der Waals surface area contributed by atoms with Gasteiger partial charge in [-0.25, -0.2) is 0 Å². The molecule has 0 spiro atoms. The highest BCUT2D eigenvalue weighted by Gasteiger charge is 2.35. The third kappa shape index (κ3) is 3.21. The summed E-state index contributed by atoms with van der Waals surface area (Å²) in [7, 11) is 1.78. The van der Waals surface area contributed by atoms with Gasteiger partial charge in [-0.15, -0.1) is 0 Å². The van der Waals surface area contributed by atoms with E-state index in [2.05, 4.69) is 5.16 Å². The SMILES string of the molecule is CN(c1ccc(C(F)(F)F)c(/C(N)=N/O)c1)C1CCOC1. The van der Waals surface area contributed by atoms with Crippen LogP contribution in [0.4, 0.5) is 18.9 Å². The van der Waals surface area contributed by atoms with Gasteiger partial charge in [0.15, 0.2) is 5.84 Å². The number of anilines is 1. The van der Waals surface area contributed by atoms with Crippen molar-refractivity contribution in [1.82, 2.24) is 0 Å². The summed E-state index contributed by atoms with van der Waals surface area (Å²) in [5.41, 5.74) is 4.65. The lowest BCUT2D eigenvalue weighted by atomic mass is 10.0. The molecular weight excluding hydrogens is 287 g/mol.